The third-order valence-electron chi connectivity index (χ3n) is 3.32. The number of hydrogen-bond donors (Lipinski definition) is 0. The summed E-state index contributed by atoms with van der Waals surface area (Å²) in [6.07, 6.45) is 0.457. The van der Waals surface area contributed by atoms with Crippen molar-refractivity contribution in [3.05, 3.63) is 52.4 Å². The summed E-state index contributed by atoms with van der Waals surface area (Å²) in [5.41, 5.74) is 3.07. The maximum atomic E-state index is 11.7. The van der Waals surface area contributed by atoms with E-state index in [0.717, 1.165) is 22.6 Å². The standard InChI is InChI=1S/C14H11BrClNO2/c1-17-10-3-2-8(6-9(10)7-13(17)18)14(15)11-4-5-12(16)19-11/h2-6,14H,7H2,1H3. The van der Waals surface area contributed by atoms with Crippen LogP contribution in [0, 0.1) is 0 Å². The van der Waals surface area contributed by atoms with E-state index in [9.17, 15) is 4.79 Å². The number of nitrogens with zero attached hydrogens (tertiary/aromatic N) is 1. The molecule has 2 aromatic rings. The molecule has 2 heterocycles. The third kappa shape index (κ3) is 2.19. The molecule has 1 aromatic carbocycles. The molecule has 3 nitrogen and oxygen atoms in total. The first kappa shape index (κ1) is 12.8. The lowest BCUT2D eigenvalue weighted by Crippen LogP contribution is -2.20. The zero-order valence-corrected chi connectivity index (χ0v) is 12.5. The summed E-state index contributed by atoms with van der Waals surface area (Å²) in [5.74, 6) is 0.877. The highest BCUT2D eigenvalue weighted by Crippen LogP contribution is 2.36. The minimum atomic E-state index is -0.0636. The van der Waals surface area contributed by atoms with E-state index in [1.807, 2.05) is 24.3 Å². The minimum Gasteiger partial charge on any atom is -0.448 e. The predicted molar refractivity (Wildman–Crippen MR) is 78.0 cm³/mol. The SMILES string of the molecule is CN1C(=O)Cc2cc(C(Br)c3ccc(Cl)o3)ccc21. The van der Waals surface area contributed by atoms with Gasteiger partial charge >= 0.3 is 0 Å². The molecule has 1 atom stereocenters. The lowest BCUT2D eigenvalue weighted by atomic mass is 10.0. The molecule has 1 unspecified atom stereocenters. The average molecular weight is 341 g/mol. The number of amides is 1. The molecule has 1 aliphatic heterocycles. The maximum absolute atomic E-state index is 11.7. The van der Waals surface area contributed by atoms with Crippen LogP contribution in [0.25, 0.3) is 0 Å². The number of anilines is 1. The first-order valence-electron chi connectivity index (χ1n) is 5.85. The van der Waals surface area contributed by atoms with Gasteiger partial charge in [0.1, 0.15) is 5.76 Å². The second-order valence-electron chi connectivity index (χ2n) is 4.52. The van der Waals surface area contributed by atoms with Crippen LogP contribution in [0.1, 0.15) is 21.7 Å². The van der Waals surface area contributed by atoms with Crippen LogP contribution in [0.15, 0.2) is 34.7 Å². The molecule has 0 radical (unpaired) electrons. The average Bonchev–Trinajstić information content (AvgIpc) is 2.94. The Morgan fingerprint density at radius 3 is 2.84 bits per heavy atom. The van der Waals surface area contributed by atoms with E-state index in [4.69, 9.17) is 16.0 Å². The molecule has 3 rings (SSSR count). The number of carbonyl (C=O) groups excluding carboxylic acids is 1. The molecule has 0 N–H and O–H groups in total. The Labute approximate surface area is 124 Å². The lowest BCUT2D eigenvalue weighted by molar-refractivity contribution is -0.117. The van der Waals surface area contributed by atoms with Crippen molar-refractivity contribution in [3.8, 4) is 0 Å². The van der Waals surface area contributed by atoms with Gasteiger partial charge in [0.25, 0.3) is 0 Å². The van der Waals surface area contributed by atoms with Gasteiger partial charge in [-0.05, 0) is 40.9 Å². The van der Waals surface area contributed by atoms with Gasteiger partial charge in [-0.2, -0.15) is 0 Å². The van der Waals surface area contributed by atoms with Crippen LogP contribution in [-0.2, 0) is 11.2 Å². The van der Waals surface area contributed by atoms with Crippen LogP contribution >= 0.6 is 27.5 Å². The smallest absolute Gasteiger partial charge is 0.231 e. The van der Waals surface area contributed by atoms with Crippen LogP contribution in [-0.4, -0.2) is 13.0 Å². The molecule has 19 heavy (non-hydrogen) atoms. The first-order valence-corrected chi connectivity index (χ1v) is 7.14. The van der Waals surface area contributed by atoms with Crippen molar-refractivity contribution >= 4 is 39.1 Å². The van der Waals surface area contributed by atoms with Crippen molar-refractivity contribution in [2.75, 3.05) is 11.9 Å². The van der Waals surface area contributed by atoms with Crippen molar-refractivity contribution in [1.29, 1.82) is 0 Å². The predicted octanol–water partition coefficient (Wildman–Crippen LogP) is 3.94. The van der Waals surface area contributed by atoms with Crippen molar-refractivity contribution < 1.29 is 9.21 Å². The molecule has 0 spiro atoms. The number of fused-ring (bicyclic) bond motifs is 1. The number of furan rings is 1. The van der Waals surface area contributed by atoms with Crippen molar-refractivity contribution in [3.63, 3.8) is 0 Å². The van der Waals surface area contributed by atoms with Gasteiger partial charge in [-0.15, -0.1) is 0 Å². The first-order chi connectivity index (χ1) is 9.06. The molecule has 98 valence electrons. The Hall–Kier alpha value is -1.26. The van der Waals surface area contributed by atoms with E-state index < -0.39 is 0 Å². The molecule has 0 aliphatic carbocycles. The Kier molecular flexibility index (Phi) is 3.15. The largest absolute Gasteiger partial charge is 0.448 e. The number of alkyl halides is 1. The van der Waals surface area contributed by atoms with Crippen molar-refractivity contribution in [2.24, 2.45) is 0 Å². The lowest BCUT2D eigenvalue weighted by Gasteiger charge is -2.12. The minimum absolute atomic E-state index is 0.0636. The van der Waals surface area contributed by atoms with Crippen LogP contribution in [0.3, 0.4) is 0 Å². The molecule has 1 aliphatic rings. The Bertz CT molecular complexity index is 653. The van der Waals surface area contributed by atoms with Crippen LogP contribution in [0.4, 0.5) is 5.69 Å². The van der Waals surface area contributed by atoms with Crippen LogP contribution in [0.2, 0.25) is 5.22 Å². The van der Waals surface area contributed by atoms with Gasteiger partial charge in [0.2, 0.25) is 5.91 Å². The maximum Gasteiger partial charge on any atom is 0.231 e. The summed E-state index contributed by atoms with van der Waals surface area (Å²) in [4.78, 5) is 13.3. The normalized spacial score (nSPS) is 15.7. The second-order valence-corrected chi connectivity index (χ2v) is 5.81. The van der Waals surface area contributed by atoms with Gasteiger partial charge in [-0.1, -0.05) is 28.1 Å². The molecular weight excluding hydrogens is 330 g/mol. The Morgan fingerprint density at radius 2 is 2.16 bits per heavy atom. The highest BCUT2D eigenvalue weighted by molar-refractivity contribution is 9.09. The number of carbonyl (C=O) groups is 1. The monoisotopic (exact) mass is 339 g/mol. The van der Waals surface area contributed by atoms with Crippen molar-refractivity contribution in [1.82, 2.24) is 0 Å². The molecule has 1 amide bonds. The van der Waals surface area contributed by atoms with Gasteiger partial charge in [-0.25, -0.2) is 0 Å². The zero-order chi connectivity index (χ0) is 13.6. The molecule has 0 saturated carbocycles. The van der Waals surface area contributed by atoms with E-state index in [-0.39, 0.29) is 10.7 Å². The number of benzene rings is 1. The number of likely N-dealkylation sites (N-methyl/N-ethyl adjacent to an activating group) is 1. The molecule has 1 aromatic heterocycles. The Morgan fingerprint density at radius 1 is 1.37 bits per heavy atom. The molecular formula is C14H11BrClNO2. The quantitative estimate of drug-likeness (QED) is 0.776. The second kappa shape index (κ2) is 4.69. The van der Waals surface area contributed by atoms with E-state index in [0.29, 0.717) is 11.6 Å². The van der Waals surface area contributed by atoms with Gasteiger partial charge in [-0.3, -0.25) is 4.79 Å². The molecule has 5 heteroatoms. The highest BCUT2D eigenvalue weighted by atomic mass is 79.9. The van der Waals surface area contributed by atoms with Gasteiger partial charge in [0.15, 0.2) is 5.22 Å². The summed E-state index contributed by atoms with van der Waals surface area (Å²) in [6.45, 7) is 0. The van der Waals surface area contributed by atoms with E-state index in [1.54, 1.807) is 18.0 Å². The zero-order valence-electron chi connectivity index (χ0n) is 10.2. The number of hydrogen-bond acceptors (Lipinski definition) is 2. The molecule has 0 fully saturated rings. The topological polar surface area (TPSA) is 33.5 Å². The van der Waals surface area contributed by atoms with E-state index in [1.165, 1.54) is 0 Å². The van der Waals surface area contributed by atoms with Crippen LogP contribution < -0.4 is 4.90 Å². The molecule has 0 bridgehead atoms. The van der Waals surface area contributed by atoms with Gasteiger partial charge < -0.3 is 9.32 Å². The fraction of sp³-hybridized carbons (Fsp3) is 0.214. The Balaban J connectivity index is 1.95. The fourth-order valence-electron chi connectivity index (χ4n) is 2.28. The summed E-state index contributed by atoms with van der Waals surface area (Å²) in [6, 6.07) is 9.55. The summed E-state index contributed by atoms with van der Waals surface area (Å²) < 4.78 is 5.40. The highest BCUT2D eigenvalue weighted by Gasteiger charge is 2.25. The van der Waals surface area contributed by atoms with Gasteiger partial charge in [0, 0.05) is 12.7 Å². The summed E-state index contributed by atoms with van der Waals surface area (Å²) in [7, 11) is 1.80. The van der Waals surface area contributed by atoms with E-state index >= 15 is 0 Å². The number of rotatable bonds is 2. The van der Waals surface area contributed by atoms with Crippen LogP contribution in [0.5, 0.6) is 0 Å². The number of halogens is 2. The van der Waals surface area contributed by atoms with Crippen molar-refractivity contribution in [2.45, 2.75) is 11.2 Å². The molecule has 0 saturated heterocycles. The fourth-order valence-corrected chi connectivity index (χ4v) is 2.96. The van der Waals surface area contributed by atoms with E-state index in [2.05, 4.69) is 15.9 Å². The third-order valence-corrected chi connectivity index (χ3v) is 4.50. The summed E-state index contributed by atoms with van der Waals surface area (Å²) >= 11 is 9.38. The summed E-state index contributed by atoms with van der Waals surface area (Å²) in [5, 5.41) is 0.371. The van der Waals surface area contributed by atoms with Gasteiger partial charge in [0.05, 0.1) is 11.2 Å².